The Balaban J connectivity index is 1.59. The topological polar surface area (TPSA) is 96.2 Å². The molecular weight excluding hydrogens is 344 g/mol. The molecule has 5 rings (SSSR count). The minimum Gasteiger partial charge on any atom is -0.327 e. The van der Waals surface area contributed by atoms with Gasteiger partial charge in [0.25, 0.3) is 11.5 Å². The van der Waals surface area contributed by atoms with Crippen molar-refractivity contribution in [1.82, 2.24) is 29.7 Å². The Morgan fingerprint density at radius 3 is 2.78 bits per heavy atom. The van der Waals surface area contributed by atoms with Gasteiger partial charge in [-0.3, -0.25) is 14.0 Å². The molecule has 1 aromatic carbocycles. The molecule has 27 heavy (non-hydrogen) atoms. The van der Waals surface area contributed by atoms with Crippen molar-refractivity contribution in [2.24, 2.45) is 0 Å². The van der Waals surface area contributed by atoms with Crippen molar-refractivity contribution in [3.05, 3.63) is 70.5 Å². The summed E-state index contributed by atoms with van der Waals surface area (Å²) in [6, 6.07) is 12.5. The van der Waals surface area contributed by atoms with Gasteiger partial charge in [0.15, 0.2) is 17.2 Å². The number of hydrogen-bond acceptors (Lipinski definition) is 5. The summed E-state index contributed by atoms with van der Waals surface area (Å²) in [5.74, 6) is 0.530. The Bertz CT molecular complexity index is 1230. The Morgan fingerprint density at radius 2 is 1.89 bits per heavy atom. The van der Waals surface area contributed by atoms with E-state index in [0.717, 1.165) is 24.3 Å². The van der Waals surface area contributed by atoms with E-state index in [0.29, 0.717) is 17.3 Å². The lowest BCUT2D eigenvalue weighted by Crippen LogP contribution is -2.33. The maximum absolute atomic E-state index is 13.3. The van der Waals surface area contributed by atoms with Crippen molar-refractivity contribution in [2.45, 2.75) is 18.9 Å². The van der Waals surface area contributed by atoms with E-state index in [2.05, 4.69) is 20.4 Å². The van der Waals surface area contributed by atoms with Crippen LogP contribution in [0.2, 0.25) is 0 Å². The molecule has 1 atom stereocenters. The summed E-state index contributed by atoms with van der Waals surface area (Å²) < 4.78 is 1.91. The van der Waals surface area contributed by atoms with E-state index < -0.39 is 0 Å². The highest BCUT2D eigenvalue weighted by atomic mass is 16.2. The Hall–Kier alpha value is -3.55. The zero-order valence-corrected chi connectivity index (χ0v) is 14.4. The third kappa shape index (κ3) is 2.41. The summed E-state index contributed by atoms with van der Waals surface area (Å²) in [7, 11) is 0. The second-order valence-electron chi connectivity index (χ2n) is 6.59. The van der Waals surface area contributed by atoms with Gasteiger partial charge in [-0.25, -0.2) is 5.10 Å². The zero-order valence-electron chi connectivity index (χ0n) is 14.4. The first-order chi connectivity index (χ1) is 13.2. The van der Waals surface area contributed by atoms with Crippen molar-refractivity contribution in [1.29, 1.82) is 0 Å². The van der Waals surface area contributed by atoms with E-state index >= 15 is 0 Å². The van der Waals surface area contributed by atoms with Crippen LogP contribution in [0.4, 0.5) is 0 Å². The van der Waals surface area contributed by atoms with E-state index in [4.69, 9.17) is 0 Å². The second-order valence-corrected chi connectivity index (χ2v) is 6.59. The van der Waals surface area contributed by atoms with Crippen LogP contribution >= 0.6 is 0 Å². The van der Waals surface area contributed by atoms with Gasteiger partial charge < -0.3 is 4.90 Å². The summed E-state index contributed by atoms with van der Waals surface area (Å²) >= 11 is 0. The number of carbonyl (C=O) groups is 1. The van der Waals surface area contributed by atoms with Crippen LogP contribution in [0.25, 0.3) is 16.4 Å². The first-order valence-electron chi connectivity index (χ1n) is 8.82. The molecule has 0 bridgehead atoms. The van der Waals surface area contributed by atoms with Crippen LogP contribution in [-0.2, 0) is 0 Å². The van der Waals surface area contributed by atoms with Crippen LogP contribution in [-0.4, -0.2) is 42.1 Å². The number of likely N-dealkylation sites (tertiary alicyclic amines) is 1. The molecule has 4 heterocycles. The van der Waals surface area contributed by atoms with Crippen LogP contribution in [0.15, 0.2) is 53.5 Å². The first kappa shape index (κ1) is 15.7. The SMILES string of the molecule is O=C(c1n[nH]c(=O)c2ccccc12)N1CCC[C@@H]1c1nnc2ccccn12. The largest absolute Gasteiger partial charge is 0.327 e. The number of nitrogens with zero attached hydrogens (tertiary/aromatic N) is 5. The number of H-pyrrole nitrogens is 1. The number of aromatic amines is 1. The molecule has 1 amide bonds. The van der Waals surface area contributed by atoms with E-state index in [1.54, 1.807) is 29.2 Å². The van der Waals surface area contributed by atoms with E-state index in [-0.39, 0.29) is 23.2 Å². The summed E-state index contributed by atoms with van der Waals surface area (Å²) in [4.78, 5) is 27.1. The van der Waals surface area contributed by atoms with Gasteiger partial charge in [-0.05, 0) is 31.0 Å². The molecule has 134 valence electrons. The van der Waals surface area contributed by atoms with Gasteiger partial charge in [-0.15, -0.1) is 10.2 Å². The quantitative estimate of drug-likeness (QED) is 0.589. The molecule has 8 heteroatoms. The number of aromatic nitrogens is 5. The molecule has 0 aliphatic carbocycles. The monoisotopic (exact) mass is 360 g/mol. The second kappa shape index (κ2) is 6.01. The molecule has 1 aliphatic heterocycles. The molecule has 0 spiro atoms. The average Bonchev–Trinajstić information content (AvgIpc) is 3.34. The number of fused-ring (bicyclic) bond motifs is 2. The molecule has 0 radical (unpaired) electrons. The van der Waals surface area contributed by atoms with E-state index in [1.807, 2.05) is 28.8 Å². The summed E-state index contributed by atoms with van der Waals surface area (Å²) in [5.41, 5.74) is 0.703. The lowest BCUT2D eigenvalue weighted by atomic mass is 10.1. The van der Waals surface area contributed by atoms with Crippen molar-refractivity contribution in [3.8, 4) is 0 Å². The smallest absolute Gasteiger partial charge is 0.275 e. The third-order valence-corrected chi connectivity index (χ3v) is 5.05. The average molecular weight is 360 g/mol. The van der Waals surface area contributed by atoms with Crippen LogP contribution in [0.1, 0.15) is 35.2 Å². The van der Waals surface area contributed by atoms with Gasteiger partial charge in [-0.1, -0.05) is 24.3 Å². The highest BCUT2D eigenvalue weighted by Gasteiger charge is 2.35. The Morgan fingerprint density at radius 1 is 1.07 bits per heavy atom. The number of benzene rings is 1. The minimum atomic E-state index is -0.302. The molecule has 3 aromatic heterocycles. The number of amides is 1. The normalized spacial score (nSPS) is 17.0. The molecule has 8 nitrogen and oxygen atoms in total. The van der Waals surface area contributed by atoms with Crippen LogP contribution < -0.4 is 5.56 Å². The molecule has 4 aromatic rings. The molecule has 1 aliphatic rings. The van der Waals surface area contributed by atoms with E-state index in [9.17, 15) is 9.59 Å². The predicted octanol–water partition coefficient (Wildman–Crippen LogP) is 1.94. The molecule has 0 saturated carbocycles. The maximum atomic E-state index is 13.3. The molecule has 1 N–H and O–H groups in total. The molecule has 0 unspecified atom stereocenters. The molecule has 1 fully saturated rings. The Kier molecular flexibility index (Phi) is 3.49. The summed E-state index contributed by atoms with van der Waals surface area (Å²) in [6.45, 7) is 0.611. The maximum Gasteiger partial charge on any atom is 0.275 e. The van der Waals surface area contributed by atoms with Crippen molar-refractivity contribution >= 4 is 22.3 Å². The van der Waals surface area contributed by atoms with Crippen molar-refractivity contribution in [2.75, 3.05) is 6.54 Å². The van der Waals surface area contributed by atoms with Crippen LogP contribution in [0.3, 0.4) is 0 Å². The van der Waals surface area contributed by atoms with Crippen molar-refractivity contribution < 1.29 is 4.79 Å². The number of hydrogen-bond donors (Lipinski definition) is 1. The fourth-order valence-electron chi connectivity index (χ4n) is 3.78. The minimum absolute atomic E-state index is 0.178. The lowest BCUT2D eigenvalue weighted by Gasteiger charge is -2.23. The number of nitrogens with one attached hydrogen (secondary N) is 1. The van der Waals surface area contributed by atoms with Crippen LogP contribution in [0, 0.1) is 0 Å². The number of pyridine rings is 1. The van der Waals surface area contributed by atoms with Gasteiger partial charge in [0.2, 0.25) is 0 Å². The number of rotatable bonds is 2. The predicted molar refractivity (Wildman–Crippen MR) is 98.4 cm³/mol. The lowest BCUT2D eigenvalue weighted by molar-refractivity contribution is 0.0724. The highest BCUT2D eigenvalue weighted by Crippen LogP contribution is 2.32. The van der Waals surface area contributed by atoms with Crippen molar-refractivity contribution in [3.63, 3.8) is 0 Å². The standard InChI is InChI=1S/C19H16N6O2/c26-18-13-7-2-1-6-12(13)16(21-23-18)19(27)24-11-5-8-14(24)17-22-20-15-9-3-4-10-25(15)17/h1-4,6-7,9-10,14H,5,8,11H2,(H,23,26)/t14-/m1/s1. The fourth-order valence-corrected chi connectivity index (χ4v) is 3.78. The van der Waals surface area contributed by atoms with Gasteiger partial charge >= 0.3 is 0 Å². The number of carbonyl (C=O) groups excluding carboxylic acids is 1. The van der Waals surface area contributed by atoms with Gasteiger partial charge in [-0.2, -0.15) is 5.10 Å². The summed E-state index contributed by atoms with van der Waals surface area (Å²) in [5, 5.41) is 16.0. The van der Waals surface area contributed by atoms with E-state index in [1.165, 1.54) is 0 Å². The summed E-state index contributed by atoms with van der Waals surface area (Å²) in [6.07, 6.45) is 3.58. The van der Waals surface area contributed by atoms with Gasteiger partial charge in [0, 0.05) is 18.1 Å². The molecule has 1 saturated heterocycles. The van der Waals surface area contributed by atoms with Gasteiger partial charge in [0.05, 0.1) is 11.4 Å². The fraction of sp³-hybridized carbons (Fsp3) is 0.211. The van der Waals surface area contributed by atoms with Crippen LogP contribution in [0.5, 0.6) is 0 Å². The third-order valence-electron chi connectivity index (χ3n) is 5.05. The highest BCUT2D eigenvalue weighted by molar-refractivity contribution is 6.04. The first-order valence-corrected chi connectivity index (χ1v) is 8.82. The molecular formula is C19H16N6O2. The zero-order chi connectivity index (χ0) is 18.4. The Labute approximate surface area is 153 Å². The van der Waals surface area contributed by atoms with Gasteiger partial charge in [0.1, 0.15) is 0 Å².